The number of halogens is 1. The average molecular weight is 430 g/mol. The minimum Gasteiger partial charge on any atom is -0.388 e. The van der Waals surface area contributed by atoms with Crippen molar-refractivity contribution in [1.82, 2.24) is 28.7 Å². The SMILES string of the molecule is Cn1c(=O)n(C2CCC(O)c3ccccc32)c2nc(-n3cnc4ccc(F)cc43)ncc21. The molecule has 2 unspecified atom stereocenters. The van der Waals surface area contributed by atoms with Gasteiger partial charge in [-0.05, 0) is 36.1 Å². The van der Waals surface area contributed by atoms with Gasteiger partial charge in [0.25, 0.3) is 0 Å². The van der Waals surface area contributed by atoms with Crippen LogP contribution < -0.4 is 5.69 Å². The van der Waals surface area contributed by atoms with E-state index in [0.717, 1.165) is 11.1 Å². The molecular formula is C23H19FN6O2. The maximum absolute atomic E-state index is 13.8. The van der Waals surface area contributed by atoms with Gasteiger partial charge < -0.3 is 5.11 Å². The first-order valence-corrected chi connectivity index (χ1v) is 10.4. The molecule has 2 aromatic carbocycles. The number of hydrogen-bond acceptors (Lipinski definition) is 5. The van der Waals surface area contributed by atoms with E-state index in [1.54, 1.807) is 34.8 Å². The third-order valence-electron chi connectivity index (χ3n) is 6.28. The molecule has 0 amide bonds. The highest BCUT2D eigenvalue weighted by atomic mass is 19.1. The minimum absolute atomic E-state index is 0.204. The molecule has 0 aliphatic heterocycles. The first-order valence-electron chi connectivity index (χ1n) is 10.4. The predicted molar refractivity (Wildman–Crippen MR) is 116 cm³/mol. The summed E-state index contributed by atoms with van der Waals surface area (Å²) in [6, 6.07) is 11.7. The maximum atomic E-state index is 13.8. The van der Waals surface area contributed by atoms with Crippen LogP contribution in [0.5, 0.6) is 0 Å². The van der Waals surface area contributed by atoms with E-state index in [1.165, 1.54) is 16.7 Å². The molecule has 32 heavy (non-hydrogen) atoms. The highest BCUT2D eigenvalue weighted by Gasteiger charge is 2.30. The molecule has 0 saturated heterocycles. The molecule has 9 heteroatoms. The molecule has 2 atom stereocenters. The van der Waals surface area contributed by atoms with Crippen LogP contribution in [0.4, 0.5) is 4.39 Å². The van der Waals surface area contributed by atoms with Gasteiger partial charge in [-0.1, -0.05) is 24.3 Å². The molecule has 3 heterocycles. The third-order valence-corrected chi connectivity index (χ3v) is 6.28. The summed E-state index contributed by atoms with van der Waals surface area (Å²) in [5, 5.41) is 10.4. The van der Waals surface area contributed by atoms with E-state index in [1.807, 2.05) is 24.3 Å². The van der Waals surface area contributed by atoms with E-state index in [0.29, 0.717) is 41.0 Å². The van der Waals surface area contributed by atoms with Crippen molar-refractivity contribution >= 4 is 22.2 Å². The number of hydrogen-bond donors (Lipinski definition) is 1. The summed E-state index contributed by atoms with van der Waals surface area (Å²) in [5.41, 5.74) is 3.78. The van der Waals surface area contributed by atoms with Crippen molar-refractivity contribution < 1.29 is 9.50 Å². The van der Waals surface area contributed by atoms with Crippen LogP contribution in [-0.2, 0) is 7.05 Å². The molecule has 160 valence electrons. The van der Waals surface area contributed by atoms with Gasteiger partial charge in [0.05, 0.1) is 29.4 Å². The molecule has 1 aliphatic carbocycles. The average Bonchev–Trinajstić information content (AvgIpc) is 3.33. The van der Waals surface area contributed by atoms with Gasteiger partial charge >= 0.3 is 5.69 Å². The van der Waals surface area contributed by atoms with E-state index < -0.39 is 6.10 Å². The zero-order chi connectivity index (χ0) is 22.0. The van der Waals surface area contributed by atoms with Crippen LogP contribution in [0.2, 0.25) is 0 Å². The van der Waals surface area contributed by atoms with Crippen molar-refractivity contribution in [3.05, 3.63) is 82.4 Å². The second-order valence-corrected chi connectivity index (χ2v) is 8.08. The molecule has 0 saturated carbocycles. The number of aliphatic hydroxyl groups is 1. The monoisotopic (exact) mass is 430 g/mol. The maximum Gasteiger partial charge on any atom is 0.330 e. The Morgan fingerprint density at radius 1 is 1.06 bits per heavy atom. The Morgan fingerprint density at radius 3 is 2.72 bits per heavy atom. The van der Waals surface area contributed by atoms with Crippen LogP contribution in [0.25, 0.3) is 28.1 Å². The smallest absolute Gasteiger partial charge is 0.330 e. The van der Waals surface area contributed by atoms with Crippen LogP contribution >= 0.6 is 0 Å². The van der Waals surface area contributed by atoms with E-state index in [4.69, 9.17) is 4.98 Å². The molecule has 1 aliphatic rings. The van der Waals surface area contributed by atoms with Crippen LogP contribution in [0, 0.1) is 5.82 Å². The molecule has 6 rings (SSSR count). The molecular weight excluding hydrogens is 411 g/mol. The molecule has 0 fully saturated rings. The standard InChI is InChI=1S/C23H19FN6O2/c1-28-19-11-25-22(29-12-26-16-7-6-13(24)10-18(16)29)27-21(19)30(23(28)32)17-8-9-20(31)15-5-3-2-4-14(15)17/h2-7,10-12,17,20,31H,8-9H2,1H3. The van der Waals surface area contributed by atoms with Crippen LogP contribution in [0.1, 0.15) is 36.1 Å². The zero-order valence-corrected chi connectivity index (χ0v) is 17.2. The fourth-order valence-corrected chi connectivity index (χ4v) is 4.68. The lowest BCUT2D eigenvalue weighted by Crippen LogP contribution is -2.30. The van der Waals surface area contributed by atoms with Crippen molar-refractivity contribution in [2.45, 2.75) is 25.0 Å². The minimum atomic E-state index is -0.550. The Hall–Kier alpha value is -3.85. The Morgan fingerprint density at radius 2 is 1.88 bits per heavy atom. The molecule has 3 aromatic heterocycles. The van der Waals surface area contributed by atoms with Crippen LogP contribution in [-0.4, -0.2) is 33.8 Å². The lowest BCUT2D eigenvalue weighted by molar-refractivity contribution is 0.147. The Bertz CT molecular complexity index is 1570. The summed E-state index contributed by atoms with van der Waals surface area (Å²) < 4.78 is 18.7. The summed E-state index contributed by atoms with van der Waals surface area (Å²) in [7, 11) is 1.69. The zero-order valence-electron chi connectivity index (χ0n) is 17.2. The first kappa shape index (κ1) is 18.9. The summed E-state index contributed by atoms with van der Waals surface area (Å²) >= 11 is 0. The third kappa shape index (κ3) is 2.64. The van der Waals surface area contributed by atoms with E-state index in [-0.39, 0.29) is 17.5 Å². The van der Waals surface area contributed by atoms with Gasteiger partial charge in [-0.15, -0.1) is 0 Å². The predicted octanol–water partition coefficient (Wildman–Crippen LogP) is 3.02. The van der Waals surface area contributed by atoms with Gasteiger partial charge in [0.1, 0.15) is 17.7 Å². The Balaban J connectivity index is 1.59. The first-order chi connectivity index (χ1) is 15.5. The van der Waals surface area contributed by atoms with Gasteiger partial charge in [-0.25, -0.2) is 19.2 Å². The fraction of sp³-hybridized carbons (Fsp3) is 0.217. The van der Waals surface area contributed by atoms with Crippen LogP contribution in [0.15, 0.2) is 59.8 Å². The second-order valence-electron chi connectivity index (χ2n) is 8.08. The fourth-order valence-electron chi connectivity index (χ4n) is 4.68. The molecule has 0 spiro atoms. The van der Waals surface area contributed by atoms with Crippen molar-refractivity contribution in [2.75, 3.05) is 0 Å². The van der Waals surface area contributed by atoms with E-state index in [2.05, 4.69) is 9.97 Å². The highest BCUT2D eigenvalue weighted by molar-refractivity contribution is 5.77. The van der Waals surface area contributed by atoms with Crippen molar-refractivity contribution in [3.8, 4) is 5.95 Å². The number of nitrogens with zero attached hydrogens (tertiary/aromatic N) is 6. The van der Waals surface area contributed by atoms with Crippen molar-refractivity contribution in [1.29, 1.82) is 0 Å². The summed E-state index contributed by atoms with van der Waals surface area (Å²) in [6.45, 7) is 0. The van der Waals surface area contributed by atoms with Gasteiger partial charge in [0, 0.05) is 13.1 Å². The van der Waals surface area contributed by atoms with Gasteiger partial charge in [0.2, 0.25) is 5.95 Å². The highest BCUT2D eigenvalue weighted by Crippen LogP contribution is 2.38. The summed E-state index contributed by atoms with van der Waals surface area (Å²) in [6.07, 6.45) is 3.75. The van der Waals surface area contributed by atoms with E-state index in [9.17, 15) is 14.3 Å². The Kier molecular flexibility index (Phi) is 4.03. The molecule has 0 bridgehead atoms. The molecule has 0 radical (unpaired) electrons. The van der Waals surface area contributed by atoms with Gasteiger partial charge in [-0.2, -0.15) is 4.98 Å². The number of aromatic nitrogens is 6. The number of rotatable bonds is 2. The van der Waals surface area contributed by atoms with Crippen LogP contribution in [0.3, 0.4) is 0 Å². The topological polar surface area (TPSA) is 90.8 Å². The second kappa shape index (κ2) is 6.83. The molecule has 1 N–H and O–H groups in total. The quantitative estimate of drug-likeness (QED) is 0.465. The van der Waals surface area contributed by atoms with Crippen molar-refractivity contribution in [2.24, 2.45) is 7.05 Å². The summed E-state index contributed by atoms with van der Waals surface area (Å²) in [4.78, 5) is 26.7. The largest absolute Gasteiger partial charge is 0.388 e. The van der Waals surface area contributed by atoms with E-state index >= 15 is 0 Å². The van der Waals surface area contributed by atoms with Crippen molar-refractivity contribution in [3.63, 3.8) is 0 Å². The number of aliphatic hydroxyl groups excluding tert-OH is 1. The molecule has 5 aromatic rings. The number of fused-ring (bicyclic) bond motifs is 3. The number of imidazole rings is 2. The van der Waals surface area contributed by atoms with Gasteiger partial charge in [0.15, 0.2) is 5.65 Å². The lowest BCUT2D eigenvalue weighted by atomic mass is 9.85. The van der Waals surface area contributed by atoms with Gasteiger partial charge in [-0.3, -0.25) is 13.7 Å². The normalized spacial score (nSPS) is 18.3. The number of aryl methyl sites for hydroxylation is 1. The lowest BCUT2D eigenvalue weighted by Gasteiger charge is -2.29. The number of benzene rings is 2. The molecule has 8 nitrogen and oxygen atoms in total. The summed E-state index contributed by atoms with van der Waals surface area (Å²) in [5.74, 6) is -0.0802. The Labute approximate surface area is 181 Å².